The van der Waals surface area contributed by atoms with Crippen LogP contribution in [0.1, 0.15) is 53.4 Å². The van der Waals surface area contributed by atoms with Crippen molar-refractivity contribution in [3.8, 4) is 0 Å². The van der Waals surface area contributed by atoms with Gasteiger partial charge < -0.3 is 14.2 Å². The first-order chi connectivity index (χ1) is 15.8. The van der Waals surface area contributed by atoms with Crippen molar-refractivity contribution in [3.05, 3.63) is 22.2 Å². The fourth-order valence-corrected chi connectivity index (χ4v) is 8.47. The van der Waals surface area contributed by atoms with E-state index in [0.717, 1.165) is 0 Å². The Kier molecular flexibility index (Phi) is 5.14. The van der Waals surface area contributed by atoms with E-state index in [1.165, 1.54) is 19.9 Å². The summed E-state index contributed by atoms with van der Waals surface area (Å²) in [4.78, 5) is 49.3. The van der Waals surface area contributed by atoms with E-state index in [9.17, 15) is 19.2 Å². The molecule has 0 amide bonds. The zero-order valence-corrected chi connectivity index (χ0v) is 21.2. The van der Waals surface area contributed by atoms with E-state index in [-0.39, 0.29) is 36.6 Å². The molecule has 184 valence electrons. The highest BCUT2D eigenvalue weighted by Crippen LogP contribution is 2.76. The maximum absolute atomic E-state index is 15.6. The lowest BCUT2D eigenvalue weighted by Crippen LogP contribution is -2.63. The van der Waals surface area contributed by atoms with Crippen LogP contribution in [0.4, 0.5) is 4.39 Å². The van der Waals surface area contributed by atoms with Crippen molar-refractivity contribution in [2.45, 2.75) is 76.9 Å². The van der Waals surface area contributed by atoms with Gasteiger partial charge in [0.05, 0.1) is 10.6 Å². The number of hydrogen-bond donors (Lipinski definition) is 0. The van der Waals surface area contributed by atoms with Gasteiger partial charge >= 0.3 is 11.9 Å². The second-order valence-electron chi connectivity index (χ2n) is 10.8. The molecule has 0 bridgehead atoms. The number of fused-ring (bicyclic) bond motifs is 3. The van der Waals surface area contributed by atoms with E-state index in [1.807, 2.05) is 13.8 Å². The number of hydrogen-bond acceptors (Lipinski definition) is 7. The number of rotatable bonds is 4. The molecular weight excluding hydrogens is 511 g/mol. The van der Waals surface area contributed by atoms with E-state index in [1.54, 1.807) is 6.08 Å². The van der Waals surface area contributed by atoms with Crippen molar-refractivity contribution in [2.24, 2.45) is 22.7 Å². The van der Waals surface area contributed by atoms with Crippen LogP contribution in [-0.4, -0.2) is 53.6 Å². The van der Waals surface area contributed by atoms with Gasteiger partial charge in [0, 0.05) is 24.7 Å². The Labute approximate surface area is 205 Å². The number of Topliss-reactive ketones (excluding diaryl/α,β-unsaturated/α-hetero) is 1. The van der Waals surface area contributed by atoms with Crippen LogP contribution < -0.4 is 0 Å². The molecule has 0 aromatic rings. The Balaban J connectivity index is 1.57. The molecule has 34 heavy (non-hydrogen) atoms. The molecule has 4 fully saturated rings. The van der Waals surface area contributed by atoms with Crippen LogP contribution in [0.3, 0.4) is 0 Å². The minimum atomic E-state index is -1.47. The number of esters is 2. The summed E-state index contributed by atoms with van der Waals surface area (Å²) in [5, 5.41) is 0. The molecule has 0 aromatic carbocycles. The minimum absolute atomic E-state index is 0.159. The Hall–Kier alpha value is -1.87. The van der Waals surface area contributed by atoms with Crippen LogP contribution in [-0.2, 0) is 33.4 Å². The summed E-state index contributed by atoms with van der Waals surface area (Å²) in [6.45, 7) is 5.83. The molecule has 0 radical (unpaired) electrons. The molecule has 4 aliphatic carbocycles. The molecular formula is C25H28BrFO7. The quantitative estimate of drug-likeness (QED) is 0.398. The van der Waals surface area contributed by atoms with Crippen molar-refractivity contribution < 1.29 is 37.8 Å². The van der Waals surface area contributed by atoms with E-state index in [4.69, 9.17) is 14.2 Å². The number of halogens is 2. The van der Waals surface area contributed by atoms with Gasteiger partial charge in [-0.15, -0.1) is 0 Å². The average Bonchev–Trinajstić information content (AvgIpc) is 3.39. The number of carbonyl (C=O) groups is 4. The SMILES string of the molecule is CC(=O)OCC(=O)[C@@]1(OC(C)=O)CC[C@H]2[C@@H]3C[C@@H](F)C4=CC(=O)C(Br)=C[C@]4(C)[C@@]34O[C@H]4C[C@@]21C. The van der Waals surface area contributed by atoms with Crippen molar-refractivity contribution in [1.29, 1.82) is 0 Å². The van der Waals surface area contributed by atoms with Gasteiger partial charge in [-0.1, -0.05) is 13.0 Å². The fourth-order valence-electron chi connectivity index (χ4n) is 7.89. The summed E-state index contributed by atoms with van der Waals surface area (Å²) in [6.07, 6.45) is 3.00. The second-order valence-corrected chi connectivity index (χ2v) is 11.6. The number of carbonyl (C=O) groups excluding carboxylic acids is 4. The van der Waals surface area contributed by atoms with Gasteiger partial charge in [0.1, 0.15) is 11.8 Å². The molecule has 1 heterocycles. The highest BCUT2D eigenvalue weighted by Gasteiger charge is 2.83. The van der Waals surface area contributed by atoms with Crippen molar-refractivity contribution in [3.63, 3.8) is 0 Å². The lowest BCUT2D eigenvalue weighted by Gasteiger charge is -2.56. The summed E-state index contributed by atoms with van der Waals surface area (Å²) in [7, 11) is 0. The van der Waals surface area contributed by atoms with E-state index in [0.29, 0.717) is 22.9 Å². The van der Waals surface area contributed by atoms with E-state index < -0.39 is 52.5 Å². The standard InChI is InChI=1S/C25H28BrFO7/c1-12(28)32-11-20(31)24(33-13(2)29)6-5-14-15-7-18(27)16-8-19(30)17(26)9-23(16,4)25(15)21(34-25)10-22(14,24)3/h8-9,14-15,18,21H,5-7,10-11H2,1-4H3/t14-,15-,18+,21-,22-,23-,24-,25+/m0/s1. The summed E-state index contributed by atoms with van der Waals surface area (Å²) < 4.78 is 33.3. The van der Waals surface area contributed by atoms with Crippen LogP contribution in [0.2, 0.25) is 0 Å². The molecule has 1 saturated heterocycles. The highest BCUT2D eigenvalue weighted by molar-refractivity contribution is 9.12. The molecule has 3 saturated carbocycles. The lowest BCUT2D eigenvalue weighted by atomic mass is 9.46. The maximum atomic E-state index is 15.6. The molecule has 0 unspecified atom stereocenters. The summed E-state index contributed by atoms with van der Waals surface area (Å²) in [5.41, 5.74) is -3.33. The molecule has 0 aromatic heterocycles. The third-order valence-corrected chi connectivity index (χ3v) is 9.89. The molecule has 1 spiro atoms. The smallest absolute Gasteiger partial charge is 0.303 e. The largest absolute Gasteiger partial charge is 0.458 e. The minimum Gasteiger partial charge on any atom is -0.458 e. The number of ketones is 2. The predicted octanol–water partition coefficient (Wildman–Crippen LogP) is 3.53. The third-order valence-electron chi connectivity index (χ3n) is 9.27. The van der Waals surface area contributed by atoms with Gasteiger partial charge in [0.2, 0.25) is 5.78 Å². The molecule has 5 rings (SSSR count). The van der Waals surface area contributed by atoms with Gasteiger partial charge in [-0.2, -0.15) is 0 Å². The number of allylic oxidation sites excluding steroid dienone is 2. The Morgan fingerprint density at radius 1 is 1.21 bits per heavy atom. The molecule has 8 atom stereocenters. The number of epoxide rings is 1. The molecule has 1 aliphatic heterocycles. The molecule has 7 nitrogen and oxygen atoms in total. The third kappa shape index (κ3) is 2.83. The first-order valence-electron chi connectivity index (χ1n) is 11.7. The topological polar surface area (TPSA) is 99.3 Å². The van der Waals surface area contributed by atoms with Crippen LogP contribution in [0.5, 0.6) is 0 Å². The zero-order valence-electron chi connectivity index (χ0n) is 19.6. The van der Waals surface area contributed by atoms with Gasteiger partial charge in [0.25, 0.3) is 0 Å². The molecule has 5 aliphatic rings. The van der Waals surface area contributed by atoms with Gasteiger partial charge in [-0.25, -0.2) is 4.39 Å². The normalized spacial score (nSPS) is 46.1. The molecule has 9 heteroatoms. The predicted molar refractivity (Wildman–Crippen MR) is 120 cm³/mol. The highest BCUT2D eigenvalue weighted by atomic mass is 79.9. The zero-order chi connectivity index (χ0) is 24.8. The van der Waals surface area contributed by atoms with Gasteiger partial charge in [-0.05, 0) is 72.0 Å². The fraction of sp³-hybridized carbons (Fsp3) is 0.680. The number of ether oxygens (including phenoxy) is 3. The Morgan fingerprint density at radius 3 is 2.56 bits per heavy atom. The van der Waals surface area contributed by atoms with Crippen LogP contribution in [0.25, 0.3) is 0 Å². The first-order valence-corrected chi connectivity index (χ1v) is 12.4. The number of alkyl halides is 1. The maximum Gasteiger partial charge on any atom is 0.303 e. The van der Waals surface area contributed by atoms with E-state index >= 15 is 4.39 Å². The van der Waals surface area contributed by atoms with Crippen LogP contribution in [0, 0.1) is 22.7 Å². The molecule has 0 N–H and O–H groups in total. The van der Waals surface area contributed by atoms with Crippen molar-refractivity contribution in [1.82, 2.24) is 0 Å². The van der Waals surface area contributed by atoms with Gasteiger partial charge in [0.15, 0.2) is 18.0 Å². The first kappa shape index (κ1) is 23.9. The lowest BCUT2D eigenvalue weighted by molar-refractivity contribution is -0.188. The van der Waals surface area contributed by atoms with Crippen LogP contribution >= 0.6 is 15.9 Å². The average molecular weight is 539 g/mol. The van der Waals surface area contributed by atoms with Crippen molar-refractivity contribution in [2.75, 3.05) is 6.61 Å². The monoisotopic (exact) mass is 538 g/mol. The summed E-state index contributed by atoms with van der Waals surface area (Å²) >= 11 is 3.34. The Bertz CT molecular complexity index is 1080. The van der Waals surface area contributed by atoms with E-state index in [2.05, 4.69) is 15.9 Å². The Morgan fingerprint density at radius 2 is 1.91 bits per heavy atom. The second kappa shape index (κ2) is 7.32. The van der Waals surface area contributed by atoms with Gasteiger partial charge in [-0.3, -0.25) is 19.2 Å². The van der Waals surface area contributed by atoms with Crippen molar-refractivity contribution >= 4 is 39.4 Å². The van der Waals surface area contributed by atoms with Crippen LogP contribution in [0.15, 0.2) is 22.2 Å². The summed E-state index contributed by atoms with van der Waals surface area (Å²) in [5.74, 6) is -2.29. The summed E-state index contributed by atoms with van der Waals surface area (Å²) in [6, 6.07) is 0.